The Labute approximate surface area is 273 Å². The first-order valence-corrected chi connectivity index (χ1v) is 15.6. The lowest BCUT2D eigenvalue weighted by molar-refractivity contribution is -0.231. The number of nitrogens with zero attached hydrogens (tertiary/aromatic N) is 3. The number of hydrogen-bond acceptors (Lipinski definition) is 11. The highest BCUT2D eigenvalue weighted by Gasteiger charge is 2.74. The molecule has 4 heterocycles. The molecule has 1 spiro atoms. The molecule has 0 saturated carbocycles. The number of likely N-dealkylation sites (tertiary alicyclic amines) is 1. The van der Waals surface area contributed by atoms with Crippen LogP contribution in [0.2, 0.25) is 0 Å². The number of aliphatic hydroxyl groups is 2. The van der Waals surface area contributed by atoms with Gasteiger partial charge in [0.1, 0.15) is 12.6 Å². The fourth-order valence-corrected chi connectivity index (χ4v) is 7.11. The monoisotopic (exact) mass is 683 g/mol. The van der Waals surface area contributed by atoms with Crippen molar-refractivity contribution in [1.82, 2.24) is 31.1 Å². The molecule has 6 rings (SSSR count). The van der Waals surface area contributed by atoms with Gasteiger partial charge < -0.3 is 35.8 Å². The van der Waals surface area contributed by atoms with Crippen molar-refractivity contribution < 1.29 is 34.1 Å². The number of carbonyl (C=O) groups excluding carboxylic acids is 4. The molecule has 17 heteroatoms. The maximum Gasteiger partial charge on any atom is 0.414 e. The summed E-state index contributed by atoms with van der Waals surface area (Å²) in [4.78, 5) is 58.6. The summed E-state index contributed by atoms with van der Waals surface area (Å²) in [5.74, 6) is -4.06. The number of rotatable bonds is 5. The van der Waals surface area contributed by atoms with Crippen LogP contribution in [0.15, 0.2) is 35.6 Å². The SMILES string of the molecule is C=C1NC2[C@H](CN3C(=O)CCC3=O)N=C(NC(=O)OCC(Cl)(Cl)Cl)N3CC(NC(=O)c4cccc5c4CCCC5)C(O)(O)C23N1. The molecule has 3 fully saturated rings. The largest absolute Gasteiger partial charge is 0.445 e. The third kappa shape index (κ3) is 5.56. The van der Waals surface area contributed by atoms with Crippen LogP contribution in [0.25, 0.3) is 0 Å². The predicted octanol–water partition coefficient (Wildman–Crippen LogP) is 0.373. The number of nitrogens with one attached hydrogen (secondary N) is 4. The minimum atomic E-state index is -2.73. The van der Waals surface area contributed by atoms with Crippen molar-refractivity contribution in [3.05, 3.63) is 47.3 Å². The lowest BCUT2D eigenvalue weighted by atomic mass is 9.84. The summed E-state index contributed by atoms with van der Waals surface area (Å²) in [5, 5.41) is 35.2. The minimum Gasteiger partial charge on any atom is -0.445 e. The zero-order valence-electron chi connectivity index (χ0n) is 23.9. The molecule has 4 atom stereocenters. The van der Waals surface area contributed by atoms with Crippen molar-refractivity contribution in [1.29, 1.82) is 0 Å². The van der Waals surface area contributed by atoms with Gasteiger partial charge in [0.2, 0.25) is 27.4 Å². The number of aryl methyl sites for hydroxylation is 1. The molecule has 0 bridgehead atoms. The van der Waals surface area contributed by atoms with E-state index in [2.05, 4.69) is 32.8 Å². The van der Waals surface area contributed by atoms with Gasteiger partial charge in [-0.3, -0.25) is 24.6 Å². The van der Waals surface area contributed by atoms with Crippen LogP contribution in [0, 0.1) is 0 Å². The summed E-state index contributed by atoms with van der Waals surface area (Å²) in [7, 11) is 0. The molecular weight excluding hydrogens is 653 g/mol. The minimum absolute atomic E-state index is 0.0330. The fourth-order valence-electron chi connectivity index (χ4n) is 6.95. The van der Waals surface area contributed by atoms with Crippen LogP contribution in [0.5, 0.6) is 0 Å². The molecule has 5 aliphatic rings. The highest BCUT2D eigenvalue weighted by Crippen LogP contribution is 2.45. The molecule has 4 amide bonds. The molecule has 242 valence electrons. The van der Waals surface area contributed by atoms with E-state index in [9.17, 15) is 29.4 Å². The van der Waals surface area contributed by atoms with Gasteiger partial charge in [0.05, 0.1) is 24.4 Å². The number of aliphatic imine (C=N–C) groups is 1. The molecule has 3 unspecified atom stereocenters. The number of alkyl halides is 3. The maximum absolute atomic E-state index is 13.7. The Bertz CT molecular complexity index is 1480. The Morgan fingerprint density at radius 1 is 1.13 bits per heavy atom. The van der Waals surface area contributed by atoms with E-state index < -0.39 is 63.8 Å². The summed E-state index contributed by atoms with van der Waals surface area (Å²) in [6.45, 7) is 2.82. The second kappa shape index (κ2) is 11.5. The number of alkyl carbamates (subject to hydrolysis) is 1. The van der Waals surface area contributed by atoms with Gasteiger partial charge in [0, 0.05) is 24.9 Å². The second-order valence-electron chi connectivity index (χ2n) is 11.7. The van der Waals surface area contributed by atoms with Crippen LogP contribution in [-0.4, -0.2) is 103 Å². The topological polar surface area (TPSA) is 185 Å². The average molecular weight is 685 g/mol. The third-order valence-electron chi connectivity index (χ3n) is 8.94. The van der Waals surface area contributed by atoms with Crippen molar-refractivity contribution in [3.63, 3.8) is 0 Å². The molecule has 0 radical (unpaired) electrons. The molecule has 1 aromatic rings. The van der Waals surface area contributed by atoms with Gasteiger partial charge in [-0.25, -0.2) is 9.79 Å². The smallest absolute Gasteiger partial charge is 0.414 e. The molecule has 1 aliphatic carbocycles. The number of benzene rings is 1. The predicted molar refractivity (Wildman–Crippen MR) is 162 cm³/mol. The maximum atomic E-state index is 13.7. The van der Waals surface area contributed by atoms with E-state index in [4.69, 9.17) is 39.5 Å². The van der Waals surface area contributed by atoms with Crippen LogP contribution < -0.4 is 21.3 Å². The molecule has 14 nitrogen and oxygen atoms in total. The summed E-state index contributed by atoms with van der Waals surface area (Å²) in [6.07, 6.45) is 2.52. The van der Waals surface area contributed by atoms with Gasteiger partial charge in [-0.05, 0) is 42.9 Å². The first-order valence-electron chi connectivity index (χ1n) is 14.5. The Morgan fingerprint density at radius 2 is 1.84 bits per heavy atom. The molecular formula is C28H32Cl3N7O7. The lowest BCUT2D eigenvalue weighted by Crippen LogP contribution is -2.78. The van der Waals surface area contributed by atoms with Crippen molar-refractivity contribution in [2.24, 2.45) is 4.99 Å². The zero-order chi connectivity index (χ0) is 32.3. The number of ether oxygens (including phenoxy) is 1. The van der Waals surface area contributed by atoms with E-state index in [1.54, 1.807) is 12.1 Å². The van der Waals surface area contributed by atoms with Crippen molar-refractivity contribution in [2.75, 3.05) is 19.7 Å². The van der Waals surface area contributed by atoms with Gasteiger partial charge in [0.25, 0.3) is 5.91 Å². The summed E-state index contributed by atoms with van der Waals surface area (Å²) in [5.41, 5.74) is 0.544. The Kier molecular flexibility index (Phi) is 8.09. The van der Waals surface area contributed by atoms with Crippen LogP contribution >= 0.6 is 34.8 Å². The van der Waals surface area contributed by atoms with E-state index in [-0.39, 0.29) is 37.7 Å². The normalized spacial score (nSPS) is 28.4. The lowest BCUT2D eigenvalue weighted by Gasteiger charge is -2.49. The highest BCUT2D eigenvalue weighted by atomic mass is 35.6. The molecule has 45 heavy (non-hydrogen) atoms. The van der Waals surface area contributed by atoms with Crippen LogP contribution in [0.3, 0.4) is 0 Å². The average Bonchev–Trinajstić information content (AvgIpc) is 3.58. The van der Waals surface area contributed by atoms with E-state index in [0.717, 1.165) is 41.7 Å². The van der Waals surface area contributed by atoms with Gasteiger partial charge in [-0.2, -0.15) is 0 Å². The molecule has 4 aliphatic heterocycles. The number of halogens is 3. The Hall–Kier alpha value is -3.30. The van der Waals surface area contributed by atoms with E-state index in [1.807, 2.05) is 6.07 Å². The van der Waals surface area contributed by atoms with Crippen molar-refractivity contribution >= 4 is 64.6 Å². The zero-order valence-corrected chi connectivity index (χ0v) is 26.2. The number of imide groups is 1. The van der Waals surface area contributed by atoms with Crippen LogP contribution in [-0.2, 0) is 27.2 Å². The number of hydrogen-bond donors (Lipinski definition) is 6. The van der Waals surface area contributed by atoms with Crippen LogP contribution in [0.4, 0.5) is 4.79 Å². The molecule has 6 N–H and O–H groups in total. The summed E-state index contributed by atoms with van der Waals surface area (Å²) < 4.78 is 3.12. The summed E-state index contributed by atoms with van der Waals surface area (Å²) >= 11 is 17.2. The number of carbonyl (C=O) groups is 4. The number of amides is 4. The van der Waals surface area contributed by atoms with Gasteiger partial charge in [0.15, 0.2) is 5.66 Å². The fraction of sp³-hybridized carbons (Fsp3) is 0.536. The highest BCUT2D eigenvalue weighted by molar-refractivity contribution is 6.67. The van der Waals surface area contributed by atoms with E-state index in [1.165, 1.54) is 4.90 Å². The molecule has 1 aromatic carbocycles. The van der Waals surface area contributed by atoms with E-state index >= 15 is 0 Å². The Morgan fingerprint density at radius 3 is 2.56 bits per heavy atom. The standard InChI is InChI=1S/C28H32Cl3N7O7/c1-14-32-22-18(11-37-20(39)9-10-21(37)40)33-24(35-25(42)45-13-26(29,30)31)38-12-19(28(43,44)27(22,38)36-14)34-23(41)17-8-4-6-15-5-2-3-7-16(15)17/h4,6,8,18-19,22,32,36,43-44H,1-3,5,7,9-13H2,(H,34,41)(H,33,35,42)/t18-,19?,22?,27?/m0/s1. The van der Waals surface area contributed by atoms with Crippen molar-refractivity contribution in [3.8, 4) is 0 Å². The molecule has 0 aromatic heterocycles. The first kappa shape index (κ1) is 31.7. The quantitative estimate of drug-likeness (QED) is 0.144. The van der Waals surface area contributed by atoms with Crippen LogP contribution in [0.1, 0.15) is 47.2 Å². The van der Waals surface area contributed by atoms with Gasteiger partial charge >= 0.3 is 6.09 Å². The molecule has 3 saturated heterocycles. The Balaban J connectivity index is 1.35. The number of fused-ring (bicyclic) bond motifs is 1. The summed E-state index contributed by atoms with van der Waals surface area (Å²) in [6, 6.07) is 2.13. The van der Waals surface area contributed by atoms with Crippen molar-refractivity contribution in [2.45, 2.75) is 71.9 Å². The number of guanidine groups is 1. The van der Waals surface area contributed by atoms with E-state index in [0.29, 0.717) is 5.56 Å². The van der Waals surface area contributed by atoms with Gasteiger partial charge in [-0.1, -0.05) is 53.5 Å². The van der Waals surface area contributed by atoms with Gasteiger partial charge in [-0.15, -0.1) is 0 Å². The third-order valence-corrected chi connectivity index (χ3v) is 9.27. The second-order valence-corrected chi connectivity index (χ2v) is 14.3. The first-order chi connectivity index (χ1) is 21.2.